The fraction of sp³-hybridized carbons (Fsp3) is 0.105. The van der Waals surface area contributed by atoms with Crippen LogP contribution in [0.15, 0.2) is 48.7 Å². The molecule has 2 N–H and O–H groups in total. The first kappa shape index (κ1) is 18.5. The molecule has 0 spiro atoms. The molecule has 4 rings (SSSR count). The summed E-state index contributed by atoms with van der Waals surface area (Å²) in [5.41, 5.74) is 0.260. The molecule has 0 aliphatic rings. The molecule has 0 radical (unpaired) electrons. The number of amides is 1. The van der Waals surface area contributed by atoms with E-state index in [1.807, 2.05) is 0 Å². The number of H-pyrrole nitrogens is 1. The van der Waals surface area contributed by atoms with Crippen molar-refractivity contribution in [3.8, 4) is 22.5 Å². The number of rotatable bonds is 3. The smallest absolute Gasteiger partial charge is 0.293 e. The molecule has 10 heteroatoms. The Hall–Kier alpha value is -3.82. The van der Waals surface area contributed by atoms with Gasteiger partial charge >= 0.3 is 6.18 Å². The Kier molecular flexibility index (Phi) is 4.45. The van der Waals surface area contributed by atoms with E-state index in [0.29, 0.717) is 11.3 Å². The zero-order valence-electron chi connectivity index (χ0n) is 14.9. The summed E-state index contributed by atoms with van der Waals surface area (Å²) in [7, 11) is 0. The molecule has 0 fully saturated rings. The summed E-state index contributed by atoms with van der Waals surface area (Å²) in [6.45, 7) is 1.29. The van der Waals surface area contributed by atoms with Crippen molar-refractivity contribution >= 4 is 22.8 Å². The average Bonchev–Trinajstić information content (AvgIpc) is 3.15. The second-order valence-corrected chi connectivity index (χ2v) is 6.24. The van der Waals surface area contributed by atoms with E-state index in [1.54, 1.807) is 30.3 Å². The molecule has 0 saturated heterocycles. The van der Waals surface area contributed by atoms with Gasteiger partial charge < -0.3 is 0 Å². The minimum atomic E-state index is -4.59. The van der Waals surface area contributed by atoms with E-state index in [-0.39, 0.29) is 28.1 Å². The summed E-state index contributed by atoms with van der Waals surface area (Å²) >= 11 is 0. The van der Waals surface area contributed by atoms with E-state index in [1.165, 1.54) is 19.2 Å². The highest BCUT2D eigenvalue weighted by atomic mass is 19.4. The largest absolute Gasteiger partial charge is 0.418 e. The number of hydrogen-bond donors (Lipinski definition) is 2. The second kappa shape index (κ2) is 6.97. The van der Waals surface area contributed by atoms with Crippen LogP contribution in [-0.2, 0) is 11.0 Å². The van der Waals surface area contributed by atoms with E-state index >= 15 is 0 Å². The quantitative estimate of drug-likeness (QED) is 0.543. The summed E-state index contributed by atoms with van der Waals surface area (Å²) in [5.74, 6) is -0.432. The fourth-order valence-electron chi connectivity index (χ4n) is 2.95. The topological polar surface area (TPSA) is 96.5 Å². The minimum absolute atomic E-state index is 0.0412. The van der Waals surface area contributed by atoms with Gasteiger partial charge in [-0.2, -0.15) is 18.3 Å². The van der Waals surface area contributed by atoms with Crippen LogP contribution in [0.25, 0.3) is 33.4 Å². The van der Waals surface area contributed by atoms with E-state index in [2.05, 4.69) is 30.7 Å². The standard InChI is InChI=1S/C19H13F3N6O/c1-10(29)24-18-25-16(11-5-3-2-4-6-11)17(27-28-18)12-7-13-9-23-26-15(13)14(8-12)19(20,21)22/h2-9H,1H3,(H,23,26)(H,24,25,28,29). The number of halogens is 3. The van der Waals surface area contributed by atoms with Crippen molar-refractivity contribution in [2.24, 2.45) is 0 Å². The molecule has 146 valence electrons. The minimum Gasteiger partial charge on any atom is -0.293 e. The molecule has 0 saturated carbocycles. The molecule has 4 aromatic rings. The molecule has 0 unspecified atom stereocenters. The van der Waals surface area contributed by atoms with Gasteiger partial charge in [-0.3, -0.25) is 15.2 Å². The third-order valence-electron chi connectivity index (χ3n) is 4.15. The number of aromatic amines is 1. The van der Waals surface area contributed by atoms with Crippen LogP contribution in [0.1, 0.15) is 12.5 Å². The molecular formula is C19H13F3N6O. The Morgan fingerprint density at radius 3 is 2.48 bits per heavy atom. The Bertz CT molecular complexity index is 1200. The number of fused-ring (bicyclic) bond motifs is 1. The molecule has 0 atom stereocenters. The predicted octanol–water partition coefficient (Wildman–Crippen LogP) is 4.06. The van der Waals surface area contributed by atoms with Gasteiger partial charge in [0.05, 0.1) is 17.3 Å². The van der Waals surface area contributed by atoms with Gasteiger partial charge in [0.25, 0.3) is 0 Å². The maximum Gasteiger partial charge on any atom is 0.418 e. The van der Waals surface area contributed by atoms with Crippen LogP contribution in [0.3, 0.4) is 0 Å². The number of anilines is 1. The number of carbonyl (C=O) groups excluding carboxylic acids is 1. The van der Waals surface area contributed by atoms with Crippen molar-refractivity contribution in [1.29, 1.82) is 0 Å². The first-order valence-corrected chi connectivity index (χ1v) is 8.45. The van der Waals surface area contributed by atoms with Gasteiger partial charge in [0, 0.05) is 23.4 Å². The van der Waals surface area contributed by atoms with Gasteiger partial charge in [0.2, 0.25) is 11.9 Å². The molecule has 29 heavy (non-hydrogen) atoms. The van der Waals surface area contributed by atoms with E-state index < -0.39 is 17.6 Å². The summed E-state index contributed by atoms with van der Waals surface area (Å²) in [6, 6.07) is 11.3. The van der Waals surface area contributed by atoms with Crippen molar-refractivity contribution in [1.82, 2.24) is 25.4 Å². The van der Waals surface area contributed by atoms with Crippen LogP contribution >= 0.6 is 0 Å². The highest BCUT2D eigenvalue weighted by Gasteiger charge is 2.34. The molecule has 0 aliphatic heterocycles. The lowest BCUT2D eigenvalue weighted by Crippen LogP contribution is -2.11. The zero-order valence-corrected chi connectivity index (χ0v) is 14.9. The maximum atomic E-state index is 13.6. The zero-order chi connectivity index (χ0) is 20.6. The number of hydrogen-bond acceptors (Lipinski definition) is 5. The van der Waals surface area contributed by atoms with Crippen molar-refractivity contribution in [3.05, 3.63) is 54.2 Å². The average molecular weight is 398 g/mol. The van der Waals surface area contributed by atoms with Crippen LogP contribution < -0.4 is 5.32 Å². The monoisotopic (exact) mass is 398 g/mol. The third-order valence-corrected chi connectivity index (χ3v) is 4.15. The third kappa shape index (κ3) is 3.64. The first-order chi connectivity index (χ1) is 13.8. The molecule has 7 nitrogen and oxygen atoms in total. The van der Waals surface area contributed by atoms with Crippen molar-refractivity contribution in [2.75, 3.05) is 5.32 Å². The highest BCUT2D eigenvalue weighted by Crippen LogP contribution is 2.38. The molecule has 2 aromatic heterocycles. The van der Waals surface area contributed by atoms with Crippen LogP contribution in [0, 0.1) is 0 Å². The first-order valence-electron chi connectivity index (χ1n) is 8.45. The Morgan fingerprint density at radius 1 is 1.03 bits per heavy atom. The number of alkyl halides is 3. The SMILES string of the molecule is CC(=O)Nc1nnc(-c2cc(C(F)(F)F)c3[nH]ncc3c2)c(-c2ccccc2)n1. The summed E-state index contributed by atoms with van der Waals surface area (Å²) in [6.07, 6.45) is -3.28. The Morgan fingerprint density at radius 2 is 1.79 bits per heavy atom. The molecular weight excluding hydrogens is 385 g/mol. The van der Waals surface area contributed by atoms with Crippen LogP contribution in [0.4, 0.5) is 19.1 Å². The number of nitrogens with zero attached hydrogens (tertiary/aromatic N) is 4. The van der Waals surface area contributed by atoms with Crippen molar-refractivity contribution in [3.63, 3.8) is 0 Å². The van der Waals surface area contributed by atoms with E-state index in [4.69, 9.17) is 0 Å². The number of benzene rings is 2. The summed E-state index contributed by atoms with van der Waals surface area (Å²) < 4.78 is 40.7. The van der Waals surface area contributed by atoms with Crippen LogP contribution in [-0.4, -0.2) is 31.3 Å². The lowest BCUT2D eigenvalue weighted by Gasteiger charge is -2.13. The van der Waals surface area contributed by atoms with E-state index in [0.717, 1.165) is 6.07 Å². The second-order valence-electron chi connectivity index (χ2n) is 6.24. The molecule has 2 aromatic carbocycles. The van der Waals surface area contributed by atoms with Crippen molar-refractivity contribution in [2.45, 2.75) is 13.1 Å². The molecule has 1 amide bonds. The van der Waals surface area contributed by atoms with E-state index in [9.17, 15) is 18.0 Å². The Balaban J connectivity index is 1.96. The normalized spacial score (nSPS) is 11.6. The molecule has 2 heterocycles. The predicted molar refractivity (Wildman–Crippen MR) is 99.7 cm³/mol. The van der Waals surface area contributed by atoms with Gasteiger partial charge in [-0.25, -0.2) is 4.98 Å². The van der Waals surface area contributed by atoms with Gasteiger partial charge in [-0.15, -0.1) is 10.2 Å². The van der Waals surface area contributed by atoms with Gasteiger partial charge in [0.15, 0.2) is 0 Å². The number of aromatic nitrogens is 5. The highest BCUT2D eigenvalue weighted by molar-refractivity contribution is 5.90. The van der Waals surface area contributed by atoms with Gasteiger partial charge in [0.1, 0.15) is 11.4 Å². The lowest BCUT2D eigenvalue weighted by molar-refractivity contribution is -0.136. The summed E-state index contributed by atoms with van der Waals surface area (Å²) in [4.78, 5) is 15.6. The molecule has 0 bridgehead atoms. The van der Waals surface area contributed by atoms with Gasteiger partial charge in [-0.1, -0.05) is 30.3 Å². The lowest BCUT2D eigenvalue weighted by atomic mass is 10.0. The van der Waals surface area contributed by atoms with Crippen LogP contribution in [0.5, 0.6) is 0 Å². The van der Waals surface area contributed by atoms with Crippen LogP contribution in [0.2, 0.25) is 0 Å². The summed E-state index contributed by atoms with van der Waals surface area (Å²) in [5, 5.41) is 16.7. The van der Waals surface area contributed by atoms with Gasteiger partial charge in [-0.05, 0) is 12.1 Å². The maximum absolute atomic E-state index is 13.6. The molecule has 0 aliphatic carbocycles. The van der Waals surface area contributed by atoms with Crippen molar-refractivity contribution < 1.29 is 18.0 Å². The number of carbonyl (C=O) groups is 1. The Labute approximate surface area is 162 Å². The fourth-order valence-corrected chi connectivity index (χ4v) is 2.95. The number of nitrogens with one attached hydrogen (secondary N) is 2.